The molecule has 1 heterocycles. The molecule has 1 aromatic carbocycles. The number of carbonyl (C=O) groups excluding carboxylic acids is 2. The number of nitrogens with zero attached hydrogens (tertiary/aromatic N) is 3. The molecule has 2 rings (SSSR count). The lowest BCUT2D eigenvalue weighted by molar-refractivity contribution is 0.0973. The Bertz CT molecular complexity index is 955. The Morgan fingerprint density at radius 3 is 1.96 bits per heavy atom. The zero-order chi connectivity index (χ0) is 20.9. The molecule has 1 N–H and O–H groups in total. The summed E-state index contributed by atoms with van der Waals surface area (Å²) < 4.78 is 39.5. The van der Waals surface area contributed by atoms with Crippen molar-refractivity contribution in [3.05, 3.63) is 35.9 Å². The van der Waals surface area contributed by atoms with Gasteiger partial charge in [0.2, 0.25) is 27.7 Å². The van der Waals surface area contributed by atoms with Gasteiger partial charge in [-0.05, 0) is 24.3 Å². The second kappa shape index (κ2) is 8.52. The van der Waals surface area contributed by atoms with Gasteiger partial charge in [-0.2, -0.15) is 14.9 Å². The number of ether oxygens (including phenoxy) is 3. The Kier molecular flexibility index (Phi) is 6.36. The first-order valence-electron chi connectivity index (χ1n) is 7.66. The molecular weight excluding hydrogens is 392 g/mol. The minimum absolute atomic E-state index is 0.0647. The molecular formula is C16H18N4O7S. The number of hydrogen-bond donors (Lipinski definition) is 1. The maximum atomic E-state index is 12.9. The largest absolute Gasteiger partial charge is 0.481 e. The van der Waals surface area contributed by atoms with Gasteiger partial charge in [-0.25, -0.2) is 13.2 Å². The van der Waals surface area contributed by atoms with Crippen molar-refractivity contribution in [1.29, 1.82) is 0 Å². The van der Waals surface area contributed by atoms with E-state index in [0.717, 1.165) is 13.4 Å². The van der Waals surface area contributed by atoms with Crippen LogP contribution in [0.2, 0.25) is 0 Å². The van der Waals surface area contributed by atoms with Gasteiger partial charge in [-0.15, -0.1) is 0 Å². The van der Waals surface area contributed by atoms with Gasteiger partial charge in [-0.1, -0.05) is 0 Å². The van der Waals surface area contributed by atoms with E-state index in [4.69, 9.17) is 9.47 Å². The van der Waals surface area contributed by atoms with Crippen molar-refractivity contribution in [2.75, 3.05) is 37.2 Å². The van der Waals surface area contributed by atoms with E-state index in [1.54, 1.807) is 0 Å². The highest BCUT2D eigenvalue weighted by atomic mass is 32.2. The summed E-state index contributed by atoms with van der Waals surface area (Å²) >= 11 is 0. The number of imide groups is 1. The Morgan fingerprint density at radius 2 is 1.54 bits per heavy atom. The number of aromatic nitrogens is 2. The molecule has 0 saturated carbocycles. The number of benzene rings is 1. The Labute approximate surface area is 161 Å². The highest BCUT2D eigenvalue weighted by Gasteiger charge is 2.29. The van der Waals surface area contributed by atoms with E-state index in [1.165, 1.54) is 44.6 Å². The topological polar surface area (TPSA) is 137 Å². The monoisotopic (exact) mass is 410 g/mol. The molecule has 0 radical (unpaired) electrons. The molecule has 0 aliphatic carbocycles. The molecule has 0 bridgehead atoms. The molecule has 12 heteroatoms. The van der Waals surface area contributed by atoms with E-state index >= 15 is 0 Å². The molecule has 0 atom stereocenters. The predicted molar refractivity (Wildman–Crippen MR) is 99.3 cm³/mol. The number of hydrogen-bond acceptors (Lipinski definition) is 9. The van der Waals surface area contributed by atoms with E-state index in [-0.39, 0.29) is 29.0 Å². The summed E-state index contributed by atoms with van der Waals surface area (Å²) in [4.78, 5) is 33.6. The third-order valence-electron chi connectivity index (χ3n) is 3.28. The fourth-order valence-electron chi connectivity index (χ4n) is 2.07. The molecule has 150 valence electrons. The van der Waals surface area contributed by atoms with E-state index in [9.17, 15) is 18.0 Å². The number of amides is 2. The molecule has 28 heavy (non-hydrogen) atoms. The van der Waals surface area contributed by atoms with E-state index in [2.05, 4.69) is 19.4 Å². The van der Waals surface area contributed by atoms with E-state index in [0.29, 0.717) is 4.90 Å². The van der Waals surface area contributed by atoms with Crippen molar-refractivity contribution >= 4 is 33.7 Å². The van der Waals surface area contributed by atoms with Crippen LogP contribution < -0.4 is 19.1 Å². The summed E-state index contributed by atoms with van der Waals surface area (Å²) in [5.74, 6) is -0.980. The molecule has 0 spiro atoms. The first kappa shape index (κ1) is 20.9. The zero-order valence-electron chi connectivity index (χ0n) is 15.5. The highest BCUT2D eigenvalue weighted by molar-refractivity contribution is 7.92. The lowest BCUT2D eigenvalue weighted by Gasteiger charge is -2.18. The van der Waals surface area contributed by atoms with Gasteiger partial charge in [0.15, 0.2) is 0 Å². The SMILES string of the molecule is COC(=O)N(C(=O)c1ccc(NS(C)(=O)=O)cc1)c1nc(OC)cc(OC)n1. The summed E-state index contributed by atoms with van der Waals surface area (Å²) in [6, 6.07) is 6.79. The second-order valence-corrected chi connectivity index (χ2v) is 7.06. The molecule has 0 unspecified atom stereocenters. The van der Waals surface area contributed by atoms with Gasteiger partial charge < -0.3 is 14.2 Å². The van der Waals surface area contributed by atoms with Crippen LogP contribution in [0.5, 0.6) is 11.8 Å². The molecule has 2 amide bonds. The second-order valence-electron chi connectivity index (χ2n) is 5.31. The summed E-state index contributed by atoms with van der Waals surface area (Å²) in [6.45, 7) is 0. The van der Waals surface area contributed by atoms with E-state index in [1.807, 2.05) is 0 Å². The Hall–Kier alpha value is -3.41. The van der Waals surface area contributed by atoms with Crippen LogP contribution in [0.1, 0.15) is 10.4 Å². The van der Waals surface area contributed by atoms with Crippen LogP contribution in [-0.4, -0.2) is 58.0 Å². The maximum absolute atomic E-state index is 12.9. The van der Waals surface area contributed by atoms with Gasteiger partial charge in [0.1, 0.15) is 0 Å². The summed E-state index contributed by atoms with van der Waals surface area (Å²) in [7, 11) is 0.328. The summed E-state index contributed by atoms with van der Waals surface area (Å²) in [6.07, 6.45) is -0.0305. The fourth-order valence-corrected chi connectivity index (χ4v) is 2.64. The number of methoxy groups -OCH3 is 3. The average molecular weight is 410 g/mol. The molecule has 1 aromatic heterocycles. The van der Waals surface area contributed by atoms with Gasteiger partial charge in [0.05, 0.1) is 33.7 Å². The summed E-state index contributed by atoms with van der Waals surface area (Å²) in [5.41, 5.74) is 0.317. The third-order valence-corrected chi connectivity index (χ3v) is 3.89. The van der Waals surface area contributed by atoms with Crippen molar-refractivity contribution in [3.63, 3.8) is 0 Å². The lowest BCUT2D eigenvalue weighted by Crippen LogP contribution is -2.38. The predicted octanol–water partition coefficient (Wildman–Crippen LogP) is 1.28. The smallest absolute Gasteiger partial charge is 0.423 e. The van der Waals surface area contributed by atoms with Crippen molar-refractivity contribution in [3.8, 4) is 11.8 Å². The first-order chi connectivity index (χ1) is 13.2. The highest BCUT2D eigenvalue weighted by Crippen LogP contribution is 2.23. The normalized spacial score (nSPS) is 10.7. The van der Waals surface area contributed by atoms with Crippen molar-refractivity contribution in [2.24, 2.45) is 0 Å². The number of rotatable bonds is 6. The number of sulfonamides is 1. The van der Waals surface area contributed by atoms with Crippen LogP contribution in [-0.2, 0) is 14.8 Å². The Morgan fingerprint density at radius 1 is 1.00 bits per heavy atom. The molecule has 0 fully saturated rings. The van der Waals surface area contributed by atoms with Crippen LogP contribution in [0.15, 0.2) is 30.3 Å². The molecule has 0 aliphatic heterocycles. The lowest BCUT2D eigenvalue weighted by atomic mass is 10.2. The minimum atomic E-state index is -3.47. The average Bonchev–Trinajstić information content (AvgIpc) is 2.66. The molecule has 0 saturated heterocycles. The van der Waals surface area contributed by atoms with Gasteiger partial charge in [0, 0.05) is 11.3 Å². The third kappa shape index (κ3) is 5.07. The standard InChI is InChI=1S/C16H18N4O7S/c1-25-12-9-13(26-2)18-15(17-12)20(16(22)27-3)14(21)10-5-7-11(8-6-10)19-28(4,23)24/h5-9,19H,1-4H3. The van der Waals surface area contributed by atoms with Gasteiger partial charge in [-0.3, -0.25) is 9.52 Å². The van der Waals surface area contributed by atoms with Crippen LogP contribution >= 0.6 is 0 Å². The molecule has 11 nitrogen and oxygen atoms in total. The van der Waals surface area contributed by atoms with Crippen molar-refractivity contribution < 1.29 is 32.2 Å². The van der Waals surface area contributed by atoms with Crippen LogP contribution in [0.3, 0.4) is 0 Å². The van der Waals surface area contributed by atoms with Crippen LogP contribution in [0.4, 0.5) is 16.4 Å². The molecule has 2 aromatic rings. The molecule has 0 aliphatic rings. The van der Waals surface area contributed by atoms with Crippen molar-refractivity contribution in [2.45, 2.75) is 0 Å². The summed E-state index contributed by atoms with van der Waals surface area (Å²) in [5, 5.41) is 0. The minimum Gasteiger partial charge on any atom is -0.481 e. The van der Waals surface area contributed by atoms with Crippen LogP contribution in [0.25, 0.3) is 0 Å². The Balaban J connectivity index is 2.43. The fraction of sp³-hybridized carbons (Fsp3) is 0.250. The maximum Gasteiger partial charge on any atom is 0.423 e. The van der Waals surface area contributed by atoms with Crippen LogP contribution in [0, 0.1) is 0 Å². The van der Waals surface area contributed by atoms with E-state index < -0.39 is 22.0 Å². The number of nitrogens with one attached hydrogen (secondary N) is 1. The van der Waals surface area contributed by atoms with Crippen molar-refractivity contribution in [1.82, 2.24) is 9.97 Å². The first-order valence-corrected chi connectivity index (χ1v) is 9.55. The van der Waals surface area contributed by atoms with Gasteiger partial charge in [0.25, 0.3) is 5.91 Å². The van der Waals surface area contributed by atoms with Gasteiger partial charge >= 0.3 is 6.09 Å². The quantitative estimate of drug-likeness (QED) is 0.746. The number of anilines is 2. The zero-order valence-corrected chi connectivity index (χ0v) is 16.3. The number of carbonyl (C=O) groups is 2.